The summed E-state index contributed by atoms with van der Waals surface area (Å²) in [5.41, 5.74) is 0. The maximum Gasteiger partial charge on any atom is 0.238 e. The summed E-state index contributed by atoms with van der Waals surface area (Å²) in [6.45, 7) is 0. The van der Waals surface area contributed by atoms with E-state index in [2.05, 4.69) is 20.3 Å². The summed E-state index contributed by atoms with van der Waals surface area (Å²) in [6, 6.07) is 11.6. The highest BCUT2D eigenvalue weighted by molar-refractivity contribution is 7.98. The predicted molar refractivity (Wildman–Crippen MR) is 81.1 cm³/mol. The van der Waals surface area contributed by atoms with Crippen LogP contribution in [0.5, 0.6) is 0 Å². The van der Waals surface area contributed by atoms with Gasteiger partial charge < -0.3 is 8.94 Å². The number of thioether (sulfide) groups is 1. The number of hydrogen-bond donors (Lipinski definition) is 0. The maximum absolute atomic E-state index is 5.24. The van der Waals surface area contributed by atoms with Crippen LogP contribution in [-0.4, -0.2) is 20.3 Å². The molecular weight excluding hydrogens is 300 g/mol. The Morgan fingerprint density at radius 2 is 2.05 bits per heavy atom. The average Bonchev–Trinajstić information content (AvgIpc) is 3.24. The second-order valence-electron chi connectivity index (χ2n) is 4.51. The van der Waals surface area contributed by atoms with Gasteiger partial charge in [0.25, 0.3) is 0 Å². The van der Waals surface area contributed by atoms with E-state index in [4.69, 9.17) is 8.94 Å². The number of rotatable bonds is 4. The van der Waals surface area contributed by atoms with Crippen LogP contribution in [0.25, 0.3) is 22.4 Å². The Kier molecular flexibility index (Phi) is 3.32. The minimum Gasteiger partial charge on any atom is -0.461 e. The van der Waals surface area contributed by atoms with Gasteiger partial charge in [0.05, 0.1) is 18.2 Å². The molecule has 3 heterocycles. The molecule has 7 heteroatoms. The highest BCUT2D eigenvalue weighted by Crippen LogP contribution is 2.27. The summed E-state index contributed by atoms with van der Waals surface area (Å²) in [4.78, 5) is 4.31. The monoisotopic (exact) mass is 310 g/mol. The van der Waals surface area contributed by atoms with E-state index in [1.807, 2.05) is 24.3 Å². The molecule has 22 heavy (non-hydrogen) atoms. The van der Waals surface area contributed by atoms with Crippen LogP contribution in [0.4, 0.5) is 0 Å². The van der Waals surface area contributed by atoms with Crippen molar-refractivity contribution in [2.24, 2.45) is 0 Å². The highest BCUT2D eigenvalue weighted by Gasteiger charge is 2.12. The first-order valence-electron chi connectivity index (χ1n) is 6.60. The molecule has 0 radical (unpaired) electrons. The van der Waals surface area contributed by atoms with Gasteiger partial charge in [0.2, 0.25) is 11.7 Å². The molecule has 0 aliphatic rings. The van der Waals surface area contributed by atoms with Gasteiger partial charge in [0, 0.05) is 10.8 Å². The first-order valence-corrected chi connectivity index (χ1v) is 7.58. The zero-order valence-electron chi connectivity index (χ0n) is 11.3. The van der Waals surface area contributed by atoms with Crippen LogP contribution >= 0.6 is 11.8 Å². The number of aromatic nitrogens is 4. The lowest BCUT2D eigenvalue weighted by molar-refractivity contribution is 0.390. The normalized spacial score (nSPS) is 11.1. The molecule has 0 aliphatic carbocycles. The Morgan fingerprint density at radius 3 is 2.95 bits per heavy atom. The third kappa shape index (κ3) is 2.46. The Morgan fingerprint density at radius 1 is 1.09 bits per heavy atom. The Labute approximate surface area is 129 Å². The van der Waals surface area contributed by atoms with Crippen LogP contribution in [0.15, 0.2) is 62.8 Å². The number of fused-ring (bicyclic) bond motifs is 1. The average molecular weight is 310 g/mol. The molecule has 0 unspecified atom stereocenters. The van der Waals surface area contributed by atoms with Crippen molar-refractivity contribution in [3.8, 4) is 11.6 Å². The number of benzene rings is 1. The van der Waals surface area contributed by atoms with Gasteiger partial charge in [-0.2, -0.15) is 10.1 Å². The summed E-state index contributed by atoms with van der Waals surface area (Å²) in [7, 11) is 0. The van der Waals surface area contributed by atoms with Gasteiger partial charge in [0.15, 0.2) is 5.76 Å². The van der Waals surface area contributed by atoms with Gasteiger partial charge >= 0.3 is 0 Å². The van der Waals surface area contributed by atoms with Crippen molar-refractivity contribution in [1.29, 1.82) is 0 Å². The maximum atomic E-state index is 5.24. The molecule has 0 atom stereocenters. The topological polar surface area (TPSA) is 77.8 Å². The molecule has 0 saturated carbocycles. The van der Waals surface area contributed by atoms with Crippen molar-refractivity contribution in [3.63, 3.8) is 0 Å². The molecule has 0 amide bonds. The molecule has 0 N–H and O–H groups in total. The molecule has 4 rings (SSSR count). The van der Waals surface area contributed by atoms with Crippen molar-refractivity contribution in [1.82, 2.24) is 20.3 Å². The fourth-order valence-corrected chi connectivity index (χ4v) is 2.88. The van der Waals surface area contributed by atoms with Crippen molar-refractivity contribution >= 4 is 22.5 Å². The Bertz CT molecular complexity index is 899. The summed E-state index contributed by atoms with van der Waals surface area (Å²) in [5, 5.41) is 15.1. The Balaban J connectivity index is 1.55. The molecule has 3 aromatic heterocycles. The lowest BCUT2D eigenvalue weighted by atomic mass is 10.2. The number of nitrogens with zero attached hydrogens (tertiary/aromatic N) is 4. The van der Waals surface area contributed by atoms with Crippen molar-refractivity contribution < 1.29 is 8.94 Å². The summed E-state index contributed by atoms with van der Waals surface area (Å²) in [5.74, 6) is 2.08. The molecule has 0 spiro atoms. The van der Waals surface area contributed by atoms with E-state index in [0.29, 0.717) is 23.2 Å². The lowest BCUT2D eigenvalue weighted by Gasteiger charge is -2.01. The second kappa shape index (κ2) is 5.61. The van der Waals surface area contributed by atoms with Gasteiger partial charge in [0.1, 0.15) is 5.03 Å². The standard InChI is InChI=1S/C15H10N4O2S/c1-2-5-11-10(4-1)8-16-18-15(11)22-9-13-17-14(19-21-13)12-6-3-7-20-12/h1-8H,9H2. The highest BCUT2D eigenvalue weighted by atomic mass is 32.2. The minimum atomic E-state index is 0.449. The molecule has 0 aliphatic heterocycles. The molecule has 4 aromatic rings. The molecule has 0 fully saturated rings. The summed E-state index contributed by atoms with van der Waals surface area (Å²) >= 11 is 1.51. The summed E-state index contributed by atoms with van der Waals surface area (Å²) < 4.78 is 10.5. The number of furan rings is 1. The fraction of sp³-hybridized carbons (Fsp3) is 0.0667. The fourth-order valence-electron chi connectivity index (χ4n) is 2.06. The second-order valence-corrected chi connectivity index (χ2v) is 5.48. The van der Waals surface area contributed by atoms with E-state index in [1.165, 1.54) is 11.8 Å². The van der Waals surface area contributed by atoms with E-state index in [1.54, 1.807) is 24.6 Å². The first kappa shape index (κ1) is 13.0. The molecule has 1 aromatic carbocycles. The van der Waals surface area contributed by atoms with E-state index < -0.39 is 0 Å². The van der Waals surface area contributed by atoms with Crippen molar-refractivity contribution in [2.75, 3.05) is 0 Å². The molecule has 108 valence electrons. The van der Waals surface area contributed by atoms with Crippen LogP contribution in [0.2, 0.25) is 0 Å². The predicted octanol–water partition coefficient (Wildman–Crippen LogP) is 3.57. The van der Waals surface area contributed by atoms with Crippen LogP contribution in [0.3, 0.4) is 0 Å². The summed E-state index contributed by atoms with van der Waals surface area (Å²) in [6.07, 6.45) is 3.33. The lowest BCUT2D eigenvalue weighted by Crippen LogP contribution is -1.88. The van der Waals surface area contributed by atoms with E-state index in [-0.39, 0.29) is 0 Å². The van der Waals surface area contributed by atoms with Gasteiger partial charge in [-0.05, 0) is 12.1 Å². The zero-order valence-corrected chi connectivity index (χ0v) is 12.2. The molecule has 6 nitrogen and oxygen atoms in total. The van der Waals surface area contributed by atoms with Gasteiger partial charge in [-0.3, -0.25) is 0 Å². The number of hydrogen-bond acceptors (Lipinski definition) is 7. The third-order valence-electron chi connectivity index (χ3n) is 3.08. The van der Waals surface area contributed by atoms with E-state index in [0.717, 1.165) is 15.8 Å². The van der Waals surface area contributed by atoms with Crippen molar-refractivity contribution in [3.05, 3.63) is 54.7 Å². The molecular formula is C15H10N4O2S. The first-order chi connectivity index (χ1) is 10.9. The van der Waals surface area contributed by atoms with Crippen LogP contribution in [-0.2, 0) is 5.75 Å². The minimum absolute atomic E-state index is 0.449. The Hall–Kier alpha value is -2.67. The van der Waals surface area contributed by atoms with Gasteiger partial charge in [-0.1, -0.05) is 41.2 Å². The third-order valence-corrected chi connectivity index (χ3v) is 4.04. The molecule has 0 bridgehead atoms. The van der Waals surface area contributed by atoms with Gasteiger partial charge in [-0.25, -0.2) is 0 Å². The van der Waals surface area contributed by atoms with E-state index in [9.17, 15) is 0 Å². The van der Waals surface area contributed by atoms with Gasteiger partial charge in [-0.15, -0.1) is 5.10 Å². The smallest absolute Gasteiger partial charge is 0.238 e. The van der Waals surface area contributed by atoms with Crippen LogP contribution < -0.4 is 0 Å². The SMILES string of the molecule is c1coc(-c2noc(CSc3nncc4ccccc34)n2)c1. The van der Waals surface area contributed by atoms with Crippen LogP contribution in [0.1, 0.15) is 5.89 Å². The quantitative estimate of drug-likeness (QED) is 0.533. The van der Waals surface area contributed by atoms with Crippen LogP contribution in [0, 0.1) is 0 Å². The van der Waals surface area contributed by atoms with Crippen molar-refractivity contribution in [2.45, 2.75) is 10.8 Å². The largest absolute Gasteiger partial charge is 0.461 e. The van der Waals surface area contributed by atoms with E-state index >= 15 is 0 Å². The zero-order chi connectivity index (χ0) is 14.8. The molecule has 0 saturated heterocycles.